The average molecular weight is 345 g/mol. The van der Waals surface area contributed by atoms with Crippen molar-refractivity contribution in [3.63, 3.8) is 0 Å². The first-order valence-electron chi connectivity index (χ1n) is 5.27. The van der Waals surface area contributed by atoms with Gasteiger partial charge in [-0.25, -0.2) is 5.43 Å². The summed E-state index contributed by atoms with van der Waals surface area (Å²) in [4.78, 5) is 12.5. The third-order valence-corrected chi connectivity index (χ3v) is 4.07. The lowest BCUT2D eigenvalue weighted by Gasteiger charge is -2.00. The molecule has 19 heavy (non-hydrogen) atoms. The number of hydrogen-bond donors (Lipinski definition) is 1. The van der Waals surface area contributed by atoms with Gasteiger partial charge in [0.1, 0.15) is 5.69 Å². The number of amides is 1. The number of carbonyl (C=O) groups excluding carboxylic acids is 1. The third kappa shape index (κ3) is 3.07. The van der Waals surface area contributed by atoms with Crippen LogP contribution < -0.4 is 5.43 Å². The fraction of sp³-hybridized carbons (Fsp3) is 0.182. The number of nitrogens with one attached hydrogen (secondary N) is 1. The van der Waals surface area contributed by atoms with Crippen LogP contribution in [0.15, 0.2) is 21.7 Å². The van der Waals surface area contributed by atoms with Gasteiger partial charge < -0.3 is 0 Å². The van der Waals surface area contributed by atoms with Crippen LogP contribution in [0.4, 0.5) is 4.39 Å². The van der Waals surface area contributed by atoms with Gasteiger partial charge >= 0.3 is 0 Å². The summed E-state index contributed by atoms with van der Waals surface area (Å²) < 4.78 is 14.8. The zero-order valence-corrected chi connectivity index (χ0v) is 12.5. The second-order valence-electron chi connectivity index (χ2n) is 3.71. The highest BCUT2D eigenvalue weighted by molar-refractivity contribution is 9.10. The topological polar surface area (TPSA) is 59.3 Å². The molecule has 2 rings (SSSR count). The molecule has 0 aliphatic heterocycles. The quantitative estimate of drug-likeness (QED) is 0.686. The van der Waals surface area contributed by atoms with Crippen LogP contribution in [-0.2, 0) is 7.05 Å². The maximum Gasteiger partial charge on any atom is 0.290 e. The summed E-state index contributed by atoms with van der Waals surface area (Å²) in [7, 11) is 1.67. The highest BCUT2D eigenvalue weighted by Gasteiger charge is 2.17. The number of halogens is 2. The van der Waals surface area contributed by atoms with Gasteiger partial charge in [-0.1, -0.05) is 0 Å². The van der Waals surface area contributed by atoms with E-state index in [1.807, 2.05) is 0 Å². The van der Waals surface area contributed by atoms with Crippen molar-refractivity contribution in [2.75, 3.05) is 0 Å². The molecular formula is C11H10BrFN4OS. The van der Waals surface area contributed by atoms with E-state index in [0.29, 0.717) is 15.0 Å². The van der Waals surface area contributed by atoms with Crippen molar-refractivity contribution < 1.29 is 9.18 Å². The van der Waals surface area contributed by atoms with E-state index in [2.05, 4.69) is 31.6 Å². The highest BCUT2D eigenvalue weighted by Crippen LogP contribution is 2.19. The fourth-order valence-electron chi connectivity index (χ4n) is 1.48. The van der Waals surface area contributed by atoms with Gasteiger partial charge in [0.15, 0.2) is 5.13 Å². The van der Waals surface area contributed by atoms with Crippen molar-refractivity contribution in [2.24, 2.45) is 12.1 Å². The molecule has 0 atom stereocenters. The number of thiophene rings is 1. The largest absolute Gasteiger partial charge is 0.290 e. The van der Waals surface area contributed by atoms with E-state index in [1.54, 1.807) is 20.0 Å². The first-order chi connectivity index (χ1) is 8.99. The molecule has 0 saturated carbocycles. The SMILES string of the molecule is Cc1nn(C)c(C(=O)N/N=C\c2ccc(F)s2)c1Br. The molecule has 1 amide bonds. The molecule has 0 radical (unpaired) electrons. The van der Waals surface area contributed by atoms with Gasteiger partial charge in [-0.15, -0.1) is 11.3 Å². The number of hydrazone groups is 1. The first kappa shape index (κ1) is 13.9. The van der Waals surface area contributed by atoms with E-state index in [4.69, 9.17) is 0 Å². The number of nitrogens with zero attached hydrogens (tertiary/aromatic N) is 3. The molecule has 1 N–H and O–H groups in total. The van der Waals surface area contributed by atoms with Crippen molar-refractivity contribution >= 4 is 39.4 Å². The highest BCUT2D eigenvalue weighted by atomic mass is 79.9. The summed E-state index contributed by atoms with van der Waals surface area (Å²) in [5, 5.41) is 7.60. The van der Waals surface area contributed by atoms with Crippen LogP contribution >= 0.6 is 27.3 Å². The molecule has 0 bridgehead atoms. The number of aromatic nitrogens is 2. The van der Waals surface area contributed by atoms with E-state index in [-0.39, 0.29) is 11.0 Å². The van der Waals surface area contributed by atoms with Crippen LogP contribution in [0.2, 0.25) is 0 Å². The molecule has 0 aliphatic carbocycles. The van der Waals surface area contributed by atoms with Gasteiger partial charge in [-0.05, 0) is 35.0 Å². The van der Waals surface area contributed by atoms with E-state index < -0.39 is 0 Å². The predicted molar refractivity (Wildman–Crippen MR) is 75.0 cm³/mol. The van der Waals surface area contributed by atoms with Gasteiger partial charge in [-0.2, -0.15) is 14.6 Å². The van der Waals surface area contributed by atoms with Gasteiger partial charge in [0, 0.05) is 7.05 Å². The molecule has 100 valence electrons. The lowest BCUT2D eigenvalue weighted by molar-refractivity contribution is 0.0945. The zero-order valence-electron chi connectivity index (χ0n) is 10.1. The Morgan fingerprint density at radius 3 is 2.89 bits per heavy atom. The third-order valence-electron chi connectivity index (χ3n) is 2.32. The first-order valence-corrected chi connectivity index (χ1v) is 6.88. The van der Waals surface area contributed by atoms with Crippen LogP contribution in [-0.4, -0.2) is 21.9 Å². The monoisotopic (exact) mass is 344 g/mol. The van der Waals surface area contributed by atoms with Crippen molar-refractivity contribution in [1.29, 1.82) is 0 Å². The summed E-state index contributed by atoms with van der Waals surface area (Å²) >= 11 is 4.25. The minimum atomic E-state index is -0.386. The Morgan fingerprint density at radius 2 is 2.37 bits per heavy atom. The van der Waals surface area contributed by atoms with Crippen molar-refractivity contribution in [3.8, 4) is 0 Å². The molecule has 2 heterocycles. The van der Waals surface area contributed by atoms with Crippen LogP contribution in [0.25, 0.3) is 0 Å². The number of hydrogen-bond acceptors (Lipinski definition) is 4. The van der Waals surface area contributed by atoms with E-state index in [0.717, 1.165) is 17.0 Å². The average Bonchev–Trinajstić information content (AvgIpc) is 2.84. The molecule has 0 unspecified atom stereocenters. The standard InChI is InChI=1S/C11H10BrFN4OS/c1-6-9(12)10(17(2)16-6)11(18)15-14-5-7-3-4-8(13)19-7/h3-5H,1-2H3,(H,15,18)/b14-5-. The van der Waals surface area contributed by atoms with Gasteiger partial charge in [0.2, 0.25) is 0 Å². The number of carbonyl (C=O) groups is 1. The lowest BCUT2D eigenvalue weighted by atomic mass is 10.3. The summed E-state index contributed by atoms with van der Waals surface area (Å²) in [6, 6.07) is 2.93. The lowest BCUT2D eigenvalue weighted by Crippen LogP contribution is -2.21. The van der Waals surface area contributed by atoms with Gasteiger partial charge in [0.25, 0.3) is 5.91 Å². The molecule has 0 fully saturated rings. The summed E-state index contributed by atoms with van der Waals surface area (Å²) in [5.74, 6) is -0.386. The van der Waals surface area contributed by atoms with E-state index in [1.165, 1.54) is 17.0 Å². The predicted octanol–water partition coefficient (Wildman–Crippen LogP) is 2.46. The molecule has 0 saturated heterocycles. The maximum atomic E-state index is 12.7. The summed E-state index contributed by atoms with van der Waals surface area (Å²) in [6.45, 7) is 1.79. The Bertz CT molecular complexity index is 649. The smallest absolute Gasteiger partial charge is 0.266 e. The Kier molecular flexibility index (Phi) is 4.11. The van der Waals surface area contributed by atoms with Crippen LogP contribution in [0.3, 0.4) is 0 Å². The molecular weight excluding hydrogens is 335 g/mol. The minimum absolute atomic E-state index is 0.294. The molecule has 8 heteroatoms. The Balaban J connectivity index is 2.07. The van der Waals surface area contributed by atoms with Gasteiger partial charge in [0.05, 0.1) is 21.3 Å². The Morgan fingerprint density at radius 1 is 1.63 bits per heavy atom. The normalized spacial score (nSPS) is 11.2. The van der Waals surface area contributed by atoms with Crippen LogP contribution in [0, 0.1) is 12.1 Å². The van der Waals surface area contributed by atoms with Crippen molar-refractivity contribution in [2.45, 2.75) is 6.92 Å². The number of aryl methyl sites for hydroxylation is 2. The van der Waals surface area contributed by atoms with Crippen molar-refractivity contribution in [1.82, 2.24) is 15.2 Å². The molecule has 2 aromatic rings. The van der Waals surface area contributed by atoms with Crippen LogP contribution in [0.1, 0.15) is 21.1 Å². The summed E-state index contributed by atoms with van der Waals surface area (Å²) in [6.07, 6.45) is 1.39. The summed E-state index contributed by atoms with van der Waals surface area (Å²) in [5.41, 5.74) is 3.48. The van der Waals surface area contributed by atoms with Crippen molar-refractivity contribution in [3.05, 3.63) is 38.0 Å². The molecule has 0 aromatic carbocycles. The molecule has 0 aliphatic rings. The molecule has 0 spiro atoms. The zero-order chi connectivity index (χ0) is 14.0. The second-order valence-corrected chi connectivity index (χ2v) is 5.57. The second kappa shape index (κ2) is 5.62. The van der Waals surface area contributed by atoms with Crippen LogP contribution in [0.5, 0.6) is 0 Å². The Labute approximate surface area is 121 Å². The van der Waals surface area contributed by atoms with E-state index >= 15 is 0 Å². The maximum absolute atomic E-state index is 12.7. The molecule has 2 aromatic heterocycles. The molecule has 5 nitrogen and oxygen atoms in total. The minimum Gasteiger partial charge on any atom is -0.266 e. The Hall–Kier alpha value is -1.54. The number of rotatable bonds is 3. The van der Waals surface area contributed by atoms with E-state index in [9.17, 15) is 9.18 Å². The fourth-order valence-corrected chi connectivity index (χ4v) is 2.60. The van der Waals surface area contributed by atoms with Gasteiger partial charge in [-0.3, -0.25) is 9.48 Å².